The summed E-state index contributed by atoms with van der Waals surface area (Å²) in [5.41, 5.74) is 0. The van der Waals surface area contributed by atoms with E-state index >= 15 is 0 Å². The van der Waals surface area contributed by atoms with E-state index in [1.165, 1.54) is 0 Å². The Labute approximate surface area is 72.3 Å². The van der Waals surface area contributed by atoms with Gasteiger partial charge in [-0.1, -0.05) is 0 Å². The Bertz CT molecular complexity index is 179. The number of nitrogens with one attached hydrogen (secondary N) is 2. The predicted molar refractivity (Wildman–Crippen MR) is 45.9 cm³/mol. The van der Waals surface area contributed by atoms with Crippen LogP contribution in [0.5, 0.6) is 0 Å². The highest BCUT2D eigenvalue weighted by molar-refractivity contribution is 5.78. The average molecular weight is 169 g/mol. The second kappa shape index (κ2) is 3.41. The van der Waals surface area contributed by atoms with Gasteiger partial charge in [0, 0.05) is 32.2 Å². The first kappa shape index (κ1) is 8.01. The fourth-order valence-electron chi connectivity index (χ4n) is 1.67. The molecule has 0 radical (unpaired) electrons. The predicted octanol–water partition coefficient (Wildman–Crippen LogP) is -1.22. The fraction of sp³-hybridized carbons (Fsp3) is 0.875. The molecule has 68 valence electrons. The molecule has 0 spiro atoms. The van der Waals surface area contributed by atoms with Gasteiger partial charge in [-0.15, -0.1) is 0 Å². The molecule has 4 nitrogen and oxygen atoms in total. The van der Waals surface area contributed by atoms with Gasteiger partial charge < -0.3 is 10.6 Å². The number of hydrogen-bond donors (Lipinski definition) is 2. The molecule has 0 atom stereocenters. The SMILES string of the molecule is O=C1CN(C2CNC2)CCCN1. The second-order valence-electron chi connectivity index (χ2n) is 3.49. The van der Waals surface area contributed by atoms with Crippen LogP contribution in [0.2, 0.25) is 0 Å². The maximum atomic E-state index is 11.2. The Morgan fingerprint density at radius 3 is 2.92 bits per heavy atom. The van der Waals surface area contributed by atoms with Crippen LogP contribution in [0.25, 0.3) is 0 Å². The largest absolute Gasteiger partial charge is 0.355 e. The van der Waals surface area contributed by atoms with Crippen LogP contribution in [0.3, 0.4) is 0 Å². The molecule has 0 bridgehead atoms. The van der Waals surface area contributed by atoms with E-state index in [2.05, 4.69) is 15.5 Å². The topological polar surface area (TPSA) is 44.4 Å². The Morgan fingerprint density at radius 2 is 2.25 bits per heavy atom. The van der Waals surface area contributed by atoms with Crippen molar-refractivity contribution in [2.24, 2.45) is 0 Å². The standard InChI is InChI=1S/C8H15N3O/c12-8-6-11(3-1-2-10-8)7-4-9-5-7/h7,9H,1-6H2,(H,10,12). The van der Waals surface area contributed by atoms with Crippen molar-refractivity contribution < 1.29 is 4.79 Å². The van der Waals surface area contributed by atoms with Crippen LogP contribution in [0, 0.1) is 0 Å². The third-order valence-corrected chi connectivity index (χ3v) is 2.57. The minimum Gasteiger partial charge on any atom is -0.355 e. The molecule has 0 aliphatic carbocycles. The molecule has 12 heavy (non-hydrogen) atoms. The molecule has 0 saturated carbocycles. The van der Waals surface area contributed by atoms with Crippen LogP contribution in [-0.2, 0) is 4.79 Å². The summed E-state index contributed by atoms with van der Waals surface area (Å²) in [6, 6.07) is 0.605. The zero-order chi connectivity index (χ0) is 8.39. The van der Waals surface area contributed by atoms with Crippen LogP contribution in [0.15, 0.2) is 0 Å². The van der Waals surface area contributed by atoms with E-state index in [0.717, 1.165) is 32.6 Å². The molecule has 2 rings (SSSR count). The highest BCUT2D eigenvalue weighted by Gasteiger charge is 2.26. The summed E-state index contributed by atoms with van der Waals surface area (Å²) in [6.45, 7) is 4.59. The molecule has 4 heteroatoms. The lowest BCUT2D eigenvalue weighted by atomic mass is 10.1. The van der Waals surface area contributed by atoms with Crippen LogP contribution in [0.1, 0.15) is 6.42 Å². The maximum Gasteiger partial charge on any atom is 0.234 e. The van der Waals surface area contributed by atoms with Gasteiger partial charge in [0.2, 0.25) is 5.91 Å². The minimum absolute atomic E-state index is 0.180. The molecule has 2 heterocycles. The van der Waals surface area contributed by atoms with Gasteiger partial charge in [0.15, 0.2) is 0 Å². The molecular weight excluding hydrogens is 154 g/mol. The van der Waals surface area contributed by atoms with E-state index in [4.69, 9.17) is 0 Å². The van der Waals surface area contributed by atoms with Gasteiger partial charge in [0.05, 0.1) is 6.54 Å². The number of nitrogens with zero attached hydrogens (tertiary/aromatic N) is 1. The normalized spacial score (nSPS) is 27.5. The zero-order valence-electron chi connectivity index (χ0n) is 7.18. The number of carbonyl (C=O) groups excluding carboxylic acids is 1. The van der Waals surface area contributed by atoms with Crippen LogP contribution in [0.4, 0.5) is 0 Å². The van der Waals surface area contributed by atoms with E-state index in [1.807, 2.05) is 0 Å². The number of carbonyl (C=O) groups is 1. The first-order valence-corrected chi connectivity index (χ1v) is 4.58. The van der Waals surface area contributed by atoms with Crippen molar-refractivity contribution in [2.45, 2.75) is 12.5 Å². The van der Waals surface area contributed by atoms with Crippen molar-refractivity contribution in [1.82, 2.24) is 15.5 Å². The Balaban J connectivity index is 1.89. The summed E-state index contributed by atoms with van der Waals surface area (Å²) in [5, 5.41) is 6.10. The quantitative estimate of drug-likeness (QED) is 0.517. The number of hydrogen-bond acceptors (Lipinski definition) is 3. The first-order valence-electron chi connectivity index (χ1n) is 4.58. The molecular formula is C8H15N3O. The summed E-state index contributed by atoms with van der Waals surface area (Å²) >= 11 is 0. The van der Waals surface area contributed by atoms with E-state index < -0.39 is 0 Å². The maximum absolute atomic E-state index is 11.2. The van der Waals surface area contributed by atoms with Crippen LogP contribution >= 0.6 is 0 Å². The van der Waals surface area contributed by atoms with Crippen molar-refractivity contribution >= 4 is 5.91 Å². The summed E-state index contributed by atoms with van der Waals surface area (Å²) < 4.78 is 0. The summed E-state index contributed by atoms with van der Waals surface area (Å²) in [6.07, 6.45) is 1.09. The van der Waals surface area contributed by atoms with Crippen LogP contribution < -0.4 is 10.6 Å². The van der Waals surface area contributed by atoms with E-state index in [-0.39, 0.29) is 5.91 Å². The molecule has 0 aromatic carbocycles. The summed E-state index contributed by atoms with van der Waals surface area (Å²) in [4.78, 5) is 13.4. The molecule has 2 aliphatic heterocycles. The third kappa shape index (κ3) is 1.59. The minimum atomic E-state index is 0.180. The van der Waals surface area contributed by atoms with Gasteiger partial charge >= 0.3 is 0 Å². The molecule has 0 aromatic heterocycles. The van der Waals surface area contributed by atoms with Crippen molar-refractivity contribution in [3.05, 3.63) is 0 Å². The molecule has 0 aromatic rings. The molecule has 1 amide bonds. The lowest BCUT2D eigenvalue weighted by Crippen LogP contribution is -2.58. The first-order chi connectivity index (χ1) is 5.86. The van der Waals surface area contributed by atoms with Crippen molar-refractivity contribution in [2.75, 3.05) is 32.7 Å². The number of amides is 1. The molecule has 2 saturated heterocycles. The van der Waals surface area contributed by atoms with Gasteiger partial charge in [0.1, 0.15) is 0 Å². The van der Waals surface area contributed by atoms with Crippen molar-refractivity contribution in [3.8, 4) is 0 Å². The lowest BCUT2D eigenvalue weighted by molar-refractivity contribution is -0.122. The Morgan fingerprint density at radius 1 is 1.42 bits per heavy atom. The molecule has 2 aliphatic rings. The average Bonchev–Trinajstić information content (AvgIpc) is 2.10. The summed E-state index contributed by atoms with van der Waals surface area (Å²) in [5.74, 6) is 0.180. The van der Waals surface area contributed by atoms with Gasteiger partial charge in [0.25, 0.3) is 0 Å². The highest BCUT2D eigenvalue weighted by atomic mass is 16.2. The Kier molecular flexibility index (Phi) is 2.28. The zero-order valence-corrected chi connectivity index (χ0v) is 7.18. The lowest BCUT2D eigenvalue weighted by Gasteiger charge is -2.36. The van der Waals surface area contributed by atoms with Crippen molar-refractivity contribution in [1.29, 1.82) is 0 Å². The van der Waals surface area contributed by atoms with Gasteiger partial charge in [-0.25, -0.2) is 0 Å². The van der Waals surface area contributed by atoms with E-state index in [0.29, 0.717) is 12.6 Å². The van der Waals surface area contributed by atoms with Gasteiger partial charge in [-0.3, -0.25) is 9.69 Å². The highest BCUT2D eigenvalue weighted by Crippen LogP contribution is 2.06. The molecule has 0 unspecified atom stereocenters. The monoisotopic (exact) mass is 169 g/mol. The van der Waals surface area contributed by atoms with E-state index in [1.54, 1.807) is 0 Å². The van der Waals surface area contributed by atoms with Crippen LogP contribution in [-0.4, -0.2) is 49.6 Å². The number of rotatable bonds is 1. The molecule has 2 N–H and O–H groups in total. The van der Waals surface area contributed by atoms with Crippen molar-refractivity contribution in [3.63, 3.8) is 0 Å². The fourth-order valence-corrected chi connectivity index (χ4v) is 1.67. The van der Waals surface area contributed by atoms with Gasteiger partial charge in [-0.05, 0) is 6.42 Å². The Hall–Kier alpha value is -0.610. The summed E-state index contributed by atoms with van der Waals surface area (Å²) in [7, 11) is 0. The van der Waals surface area contributed by atoms with E-state index in [9.17, 15) is 4.79 Å². The third-order valence-electron chi connectivity index (χ3n) is 2.57. The smallest absolute Gasteiger partial charge is 0.234 e. The second-order valence-corrected chi connectivity index (χ2v) is 3.49. The van der Waals surface area contributed by atoms with Gasteiger partial charge in [-0.2, -0.15) is 0 Å². The molecule has 2 fully saturated rings.